The average Bonchev–Trinajstić information content (AvgIpc) is 2.40. The van der Waals surface area contributed by atoms with Gasteiger partial charge in [0.15, 0.2) is 0 Å². The van der Waals surface area contributed by atoms with Crippen LogP contribution in [0.15, 0.2) is 0 Å². The maximum Gasteiger partial charge on any atom is 0.312 e. The molecular formula is C14H26N2O2S. The number of thiol groups is 1. The van der Waals surface area contributed by atoms with Crippen molar-refractivity contribution in [2.24, 2.45) is 5.41 Å². The lowest BCUT2D eigenvalue weighted by molar-refractivity contribution is -0.158. The van der Waals surface area contributed by atoms with Crippen LogP contribution in [-0.2, 0) is 9.59 Å². The highest BCUT2D eigenvalue weighted by atomic mass is 32.1. The molecule has 0 saturated carbocycles. The number of amides is 2. The van der Waals surface area contributed by atoms with E-state index in [9.17, 15) is 9.59 Å². The molecule has 0 N–H and O–H groups in total. The molecule has 1 aliphatic rings. The molecule has 1 aliphatic heterocycles. The second-order valence-corrected chi connectivity index (χ2v) is 6.00. The standard InChI is InChI=1S/C14H26N2O2S/c1-5-14(6-2,10-19)9-15-7-8-16(11(3)4)13(18)12(15)17/h11,19H,5-10H2,1-4H3. The highest BCUT2D eigenvalue weighted by Crippen LogP contribution is 2.29. The SMILES string of the molecule is CCC(CC)(CS)CN1CCN(C(C)C)C(=O)C1=O. The Hall–Kier alpha value is -0.710. The van der Waals surface area contributed by atoms with Gasteiger partial charge >= 0.3 is 11.8 Å². The van der Waals surface area contributed by atoms with Crippen molar-refractivity contribution in [3.05, 3.63) is 0 Å². The number of hydrogen-bond donors (Lipinski definition) is 1. The van der Waals surface area contributed by atoms with Crippen LogP contribution >= 0.6 is 12.6 Å². The van der Waals surface area contributed by atoms with Crippen LogP contribution in [0.1, 0.15) is 40.5 Å². The van der Waals surface area contributed by atoms with Crippen molar-refractivity contribution in [2.45, 2.75) is 46.6 Å². The number of rotatable bonds is 6. The second kappa shape index (κ2) is 6.64. The van der Waals surface area contributed by atoms with Crippen LogP contribution in [-0.4, -0.2) is 53.0 Å². The second-order valence-electron chi connectivity index (χ2n) is 5.68. The smallest absolute Gasteiger partial charge is 0.312 e. The Bertz CT molecular complexity index is 332. The highest BCUT2D eigenvalue weighted by Gasteiger charge is 2.37. The van der Waals surface area contributed by atoms with Gasteiger partial charge in [0, 0.05) is 25.7 Å². The van der Waals surface area contributed by atoms with E-state index >= 15 is 0 Å². The first-order chi connectivity index (χ1) is 8.90. The molecule has 110 valence electrons. The lowest BCUT2D eigenvalue weighted by Gasteiger charge is -2.41. The molecule has 0 bridgehead atoms. The van der Waals surface area contributed by atoms with Gasteiger partial charge in [0.1, 0.15) is 0 Å². The summed E-state index contributed by atoms with van der Waals surface area (Å²) in [5.41, 5.74) is 0.0268. The fourth-order valence-electron chi connectivity index (χ4n) is 2.49. The third kappa shape index (κ3) is 3.44. The van der Waals surface area contributed by atoms with Gasteiger partial charge in [-0.25, -0.2) is 0 Å². The van der Waals surface area contributed by atoms with Crippen molar-refractivity contribution in [1.29, 1.82) is 0 Å². The van der Waals surface area contributed by atoms with E-state index in [0.717, 1.165) is 18.6 Å². The van der Waals surface area contributed by atoms with Crippen molar-refractivity contribution in [1.82, 2.24) is 9.80 Å². The van der Waals surface area contributed by atoms with E-state index < -0.39 is 0 Å². The number of piperazine rings is 1. The first-order valence-electron chi connectivity index (χ1n) is 7.11. The summed E-state index contributed by atoms with van der Waals surface area (Å²) < 4.78 is 0. The van der Waals surface area contributed by atoms with E-state index in [2.05, 4.69) is 26.5 Å². The van der Waals surface area contributed by atoms with Gasteiger partial charge in [-0.15, -0.1) is 0 Å². The fraction of sp³-hybridized carbons (Fsp3) is 0.857. The number of carbonyl (C=O) groups excluding carboxylic acids is 2. The minimum Gasteiger partial charge on any atom is -0.332 e. The predicted octanol–water partition coefficient (Wildman–Crippen LogP) is 1.80. The first-order valence-corrected chi connectivity index (χ1v) is 7.74. The summed E-state index contributed by atoms with van der Waals surface area (Å²) in [5, 5.41) is 0. The summed E-state index contributed by atoms with van der Waals surface area (Å²) in [5.74, 6) is 0.0285. The van der Waals surface area contributed by atoms with Crippen LogP contribution in [0.2, 0.25) is 0 Å². The van der Waals surface area contributed by atoms with Crippen molar-refractivity contribution >= 4 is 24.4 Å². The quantitative estimate of drug-likeness (QED) is 0.597. The summed E-state index contributed by atoms with van der Waals surface area (Å²) in [6.07, 6.45) is 1.94. The van der Waals surface area contributed by atoms with E-state index in [1.807, 2.05) is 13.8 Å². The van der Waals surface area contributed by atoms with Gasteiger partial charge in [0.05, 0.1) is 0 Å². The van der Waals surface area contributed by atoms with Crippen molar-refractivity contribution in [3.63, 3.8) is 0 Å². The van der Waals surface area contributed by atoms with Gasteiger partial charge in [0.25, 0.3) is 0 Å². The van der Waals surface area contributed by atoms with Crippen molar-refractivity contribution < 1.29 is 9.59 Å². The predicted molar refractivity (Wildman–Crippen MR) is 80.3 cm³/mol. The summed E-state index contributed by atoms with van der Waals surface area (Å²) in [6, 6.07) is 0.0885. The molecule has 0 radical (unpaired) electrons. The third-order valence-electron chi connectivity index (χ3n) is 4.33. The molecule has 0 aromatic carbocycles. The molecule has 0 unspecified atom stereocenters. The topological polar surface area (TPSA) is 40.6 Å². The van der Waals surface area contributed by atoms with Gasteiger partial charge in [-0.3, -0.25) is 9.59 Å². The zero-order valence-electron chi connectivity index (χ0n) is 12.5. The molecule has 0 aromatic rings. The fourth-order valence-corrected chi connectivity index (χ4v) is 3.03. The van der Waals surface area contributed by atoms with Gasteiger partial charge < -0.3 is 9.80 Å². The van der Waals surface area contributed by atoms with Crippen molar-refractivity contribution in [3.8, 4) is 0 Å². The van der Waals surface area contributed by atoms with E-state index in [4.69, 9.17) is 0 Å². The Balaban J connectivity index is 2.77. The molecule has 1 saturated heterocycles. The molecule has 0 atom stereocenters. The largest absolute Gasteiger partial charge is 0.332 e. The Labute approximate surface area is 121 Å². The van der Waals surface area contributed by atoms with Gasteiger partial charge in [0.2, 0.25) is 0 Å². The maximum atomic E-state index is 12.2. The summed E-state index contributed by atoms with van der Waals surface area (Å²) >= 11 is 4.43. The van der Waals surface area contributed by atoms with E-state index in [0.29, 0.717) is 19.6 Å². The summed E-state index contributed by atoms with van der Waals surface area (Å²) in [6.45, 7) is 10.0. The molecule has 19 heavy (non-hydrogen) atoms. The molecule has 1 fully saturated rings. The van der Waals surface area contributed by atoms with Crippen LogP contribution in [0.25, 0.3) is 0 Å². The number of nitrogens with zero attached hydrogens (tertiary/aromatic N) is 2. The molecule has 0 spiro atoms. The molecule has 1 heterocycles. The van der Waals surface area contributed by atoms with Crippen LogP contribution in [0.5, 0.6) is 0 Å². The summed E-state index contributed by atoms with van der Waals surface area (Å²) in [7, 11) is 0. The van der Waals surface area contributed by atoms with Crippen LogP contribution in [0, 0.1) is 5.41 Å². The summed E-state index contributed by atoms with van der Waals surface area (Å²) in [4.78, 5) is 27.6. The minimum absolute atomic E-state index is 0.0268. The molecule has 0 aliphatic carbocycles. The Morgan fingerprint density at radius 3 is 2.16 bits per heavy atom. The average molecular weight is 286 g/mol. The molecule has 4 nitrogen and oxygen atoms in total. The molecule has 5 heteroatoms. The minimum atomic E-state index is -0.360. The Morgan fingerprint density at radius 2 is 1.74 bits per heavy atom. The lowest BCUT2D eigenvalue weighted by atomic mass is 9.83. The van der Waals surface area contributed by atoms with E-state index in [1.165, 1.54) is 0 Å². The molecule has 2 amide bonds. The maximum absolute atomic E-state index is 12.2. The van der Waals surface area contributed by atoms with Crippen molar-refractivity contribution in [2.75, 3.05) is 25.4 Å². The van der Waals surface area contributed by atoms with Crippen LogP contribution < -0.4 is 0 Å². The third-order valence-corrected chi connectivity index (χ3v) is 5.00. The Kier molecular flexibility index (Phi) is 5.71. The molecule has 1 rings (SSSR count). The molecular weight excluding hydrogens is 260 g/mol. The zero-order valence-corrected chi connectivity index (χ0v) is 13.4. The van der Waals surface area contributed by atoms with Gasteiger partial charge in [-0.1, -0.05) is 13.8 Å². The van der Waals surface area contributed by atoms with Gasteiger partial charge in [-0.05, 0) is 37.9 Å². The van der Waals surface area contributed by atoms with E-state index in [1.54, 1.807) is 9.80 Å². The van der Waals surface area contributed by atoms with Crippen LogP contribution in [0.4, 0.5) is 0 Å². The zero-order chi connectivity index (χ0) is 14.6. The first kappa shape index (κ1) is 16.3. The lowest BCUT2D eigenvalue weighted by Crippen LogP contribution is -2.58. The monoisotopic (exact) mass is 286 g/mol. The Morgan fingerprint density at radius 1 is 1.16 bits per heavy atom. The van der Waals surface area contributed by atoms with E-state index in [-0.39, 0.29) is 23.3 Å². The highest BCUT2D eigenvalue weighted by molar-refractivity contribution is 7.80. The number of carbonyl (C=O) groups is 2. The number of hydrogen-bond acceptors (Lipinski definition) is 3. The van der Waals surface area contributed by atoms with Gasteiger partial charge in [-0.2, -0.15) is 12.6 Å². The normalized spacial score (nSPS) is 17.6. The van der Waals surface area contributed by atoms with Crippen LogP contribution in [0.3, 0.4) is 0 Å². The molecule has 0 aromatic heterocycles.